The molecule has 2 nitrogen and oxygen atoms in total. The highest BCUT2D eigenvalue weighted by Gasteiger charge is 2.14. The molecule has 1 N–H and O–H groups in total. The van der Waals surface area contributed by atoms with Gasteiger partial charge in [-0.05, 0) is 51.7 Å². The van der Waals surface area contributed by atoms with E-state index < -0.39 is 0 Å². The zero-order chi connectivity index (χ0) is 12.3. The molecule has 0 amide bonds. The molecule has 0 aromatic carbocycles. The highest BCUT2D eigenvalue weighted by atomic mass is 32.1. The predicted molar refractivity (Wildman–Crippen MR) is 73.8 cm³/mol. The highest BCUT2D eigenvalue weighted by molar-refractivity contribution is 7.12. The van der Waals surface area contributed by atoms with Gasteiger partial charge in [0.15, 0.2) is 0 Å². The van der Waals surface area contributed by atoms with Crippen LogP contribution in [0.4, 0.5) is 0 Å². The minimum Gasteiger partial charge on any atom is -0.375 e. The Balaban J connectivity index is 1.65. The fourth-order valence-corrected chi connectivity index (χ4v) is 3.35. The van der Waals surface area contributed by atoms with Gasteiger partial charge in [0.25, 0.3) is 0 Å². The summed E-state index contributed by atoms with van der Waals surface area (Å²) in [5, 5.41) is 3.45. The summed E-state index contributed by atoms with van der Waals surface area (Å²) in [6.07, 6.45) is 3.94. The van der Waals surface area contributed by atoms with Crippen molar-refractivity contribution in [3.63, 3.8) is 0 Å². The Labute approximate surface area is 108 Å². The molecule has 3 heteroatoms. The van der Waals surface area contributed by atoms with E-state index in [1.807, 2.05) is 11.3 Å². The van der Waals surface area contributed by atoms with Gasteiger partial charge in [-0.15, -0.1) is 11.3 Å². The number of ether oxygens (including phenoxy) is 1. The van der Waals surface area contributed by atoms with Crippen LogP contribution in [0.25, 0.3) is 0 Å². The number of nitrogens with one attached hydrogen (secondary N) is 1. The summed E-state index contributed by atoms with van der Waals surface area (Å²) >= 11 is 1.98. The third-order valence-electron chi connectivity index (χ3n) is 2.91. The maximum atomic E-state index is 5.67. The van der Waals surface area contributed by atoms with Crippen LogP contribution >= 0.6 is 11.3 Å². The Morgan fingerprint density at radius 1 is 1.35 bits per heavy atom. The molecule has 0 saturated heterocycles. The Hall–Kier alpha value is -0.380. The first-order valence-corrected chi connectivity index (χ1v) is 7.31. The van der Waals surface area contributed by atoms with Gasteiger partial charge in [0, 0.05) is 22.8 Å². The summed E-state index contributed by atoms with van der Waals surface area (Å²) in [6.45, 7) is 8.99. The molecule has 0 bridgehead atoms. The lowest BCUT2D eigenvalue weighted by Crippen LogP contribution is -2.26. The normalized spacial score (nSPS) is 15.2. The van der Waals surface area contributed by atoms with Gasteiger partial charge in [-0.1, -0.05) is 0 Å². The molecule has 0 fully saturated rings. The summed E-state index contributed by atoms with van der Waals surface area (Å²) in [7, 11) is 0. The van der Waals surface area contributed by atoms with Gasteiger partial charge in [-0.25, -0.2) is 0 Å². The second kappa shape index (κ2) is 5.51. The predicted octanol–water partition coefficient (Wildman–Crippen LogP) is 3.14. The van der Waals surface area contributed by atoms with E-state index >= 15 is 0 Å². The van der Waals surface area contributed by atoms with Crippen molar-refractivity contribution in [2.24, 2.45) is 0 Å². The second-order valence-corrected chi connectivity index (χ2v) is 6.87. The standard InChI is InChI=1S/C14H23NOS/c1-14(2,3)16-8-7-15-10-12-9-11-5-4-6-13(11)17-12/h9,15H,4-8,10H2,1-3H3. The van der Waals surface area contributed by atoms with Crippen molar-refractivity contribution in [2.45, 2.75) is 52.2 Å². The van der Waals surface area contributed by atoms with E-state index in [-0.39, 0.29) is 5.60 Å². The SMILES string of the molecule is CC(C)(C)OCCNCc1cc2c(s1)CCC2. The van der Waals surface area contributed by atoms with Gasteiger partial charge in [-0.3, -0.25) is 0 Å². The monoisotopic (exact) mass is 253 g/mol. The van der Waals surface area contributed by atoms with E-state index in [4.69, 9.17) is 4.74 Å². The van der Waals surface area contributed by atoms with Crippen LogP contribution in [0.5, 0.6) is 0 Å². The zero-order valence-electron chi connectivity index (χ0n) is 11.1. The number of thiophene rings is 1. The van der Waals surface area contributed by atoms with Crippen LogP contribution in [0.1, 0.15) is 42.5 Å². The van der Waals surface area contributed by atoms with Gasteiger partial charge in [-0.2, -0.15) is 0 Å². The average Bonchev–Trinajstić information content (AvgIpc) is 2.75. The van der Waals surface area contributed by atoms with Gasteiger partial charge < -0.3 is 10.1 Å². The minimum atomic E-state index is -0.0220. The number of rotatable bonds is 5. The molecule has 1 aliphatic carbocycles. The molecular formula is C14H23NOS. The number of hydrogen-bond donors (Lipinski definition) is 1. The lowest BCUT2D eigenvalue weighted by atomic mass is 10.2. The molecule has 2 rings (SSSR count). The fourth-order valence-electron chi connectivity index (χ4n) is 2.12. The molecule has 0 atom stereocenters. The second-order valence-electron chi connectivity index (χ2n) is 5.65. The molecule has 1 aliphatic rings. The molecule has 0 unspecified atom stereocenters. The maximum absolute atomic E-state index is 5.67. The summed E-state index contributed by atoms with van der Waals surface area (Å²) in [5.74, 6) is 0. The fraction of sp³-hybridized carbons (Fsp3) is 0.714. The topological polar surface area (TPSA) is 21.3 Å². The molecule has 17 heavy (non-hydrogen) atoms. The lowest BCUT2D eigenvalue weighted by molar-refractivity contribution is -0.000868. The molecule has 0 saturated carbocycles. The van der Waals surface area contributed by atoms with Crippen LogP contribution in [-0.2, 0) is 24.1 Å². The third kappa shape index (κ3) is 4.09. The van der Waals surface area contributed by atoms with Crippen molar-refractivity contribution in [1.82, 2.24) is 5.32 Å². The first-order valence-electron chi connectivity index (χ1n) is 6.50. The van der Waals surface area contributed by atoms with Crippen molar-refractivity contribution < 1.29 is 4.74 Å². The molecule has 0 radical (unpaired) electrons. The Kier molecular flexibility index (Phi) is 4.23. The molecular weight excluding hydrogens is 230 g/mol. The van der Waals surface area contributed by atoms with Gasteiger partial charge >= 0.3 is 0 Å². The molecule has 1 aromatic rings. The van der Waals surface area contributed by atoms with E-state index in [0.717, 1.165) is 19.7 Å². The molecule has 0 aliphatic heterocycles. The highest BCUT2D eigenvalue weighted by Crippen LogP contribution is 2.30. The van der Waals surface area contributed by atoms with Crippen LogP contribution in [0.3, 0.4) is 0 Å². The van der Waals surface area contributed by atoms with Crippen LogP contribution in [0.2, 0.25) is 0 Å². The first kappa shape index (κ1) is 13.1. The summed E-state index contributed by atoms with van der Waals surface area (Å²) in [5.41, 5.74) is 1.57. The van der Waals surface area contributed by atoms with Gasteiger partial charge in [0.2, 0.25) is 0 Å². The minimum absolute atomic E-state index is 0.0220. The van der Waals surface area contributed by atoms with E-state index in [1.54, 1.807) is 10.4 Å². The molecule has 1 aromatic heterocycles. The van der Waals surface area contributed by atoms with Gasteiger partial charge in [0.1, 0.15) is 0 Å². The van der Waals surface area contributed by atoms with Crippen LogP contribution in [-0.4, -0.2) is 18.8 Å². The van der Waals surface area contributed by atoms with E-state index in [1.165, 1.54) is 24.1 Å². The number of aryl methyl sites for hydroxylation is 2. The number of fused-ring (bicyclic) bond motifs is 1. The van der Waals surface area contributed by atoms with Crippen LogP contribution < -0.4 is 5.32 Å². The van der Waals surface area contributed by atoms with Crippen molar-refractivity contribution in [2.75, 3.05) is 13.2 Å². The Bertz CT molecular complexity index is 343. The first-order chi connectivity index (χ1) is 8.04. The van der Waals surface area contributed by atoms with Crippen molar-refractivity contribution in [3.05, 3.63) is 21.4 Å². The average molecular weight is 253 g/mol. The quantitative estimate of drug-likeness (QED) is 0.814. The van der Waals surface area contributed by atoms with Crippen LogP contribution in [0, 0.1) is 0 Å². The summed E-state index contributed by atoms with van der Waals surface area (Å²) in [4.78, 5) is 3.10. The Morgan fingerprint density at radius 2 is 2.18 bits per heavy atom. The zero-order valence-corrected chi connectivity index (χ0v) is 12.0. The molecule has 1 heterocycles. The molecule has 0 spiro atoms. The van der Waals surface area contributed by atoms with Crippen LogP contribution in [0.15, 0.2) is 6.07 Å². The number of hydrogen-bond acceptors (Lipinski definition) is 3. The van der Waals surface area contributed by atoms with Gasteiger partial charge in [0.05, 0.1) is 12.2 Å². The molecule has 96 valence electrons. The van der Waals surface area contributed by atoms with E-state index in [0.29, 0.717) is 0 Å². The lowest BCUT2D eigenvalue weighted by Gasteiger charge is -2.19. The summed E-state index contributed by atoms with van der Waals surface area (Å²) in [6, 6.07) is 2.38. The van der Waals surface area contributed by atoms with Crippen molar-refractivity contribution >= 4 is 11.3 Å². The third-order valence-corrected chi connectivity index (χ3v) is 4.15. The van der Waals surface area contributed by atoms with E-state index in [2.05, 4.69) is 32.2 Å². The largest absolute Gasteiger partial charge is 0.375 e. The van der Waals surface area contributed by atoms with Crippen molar-refractivity contribution in [3.8, 4) is 0 Å². The summed E-state index contributed by atoms with van der Waals surface area (Å²) < 4.78 is 5.67. The van der Waals surface area contributed by atoms with E-state index in [9.17, 15) is 0 Å². The smallest absolute Gasteiger partial charge is 0.0599 e. The Morgan fingerprint density at radius 3 is 2.88 bits per heavy atom. The van der Waals surface area contributed by atoms with Crippen molar-refractivity contribution in [1.29, 1.82) is 0 Å². The maximum Gasteiger partial charge on any atom is 0.0599 e.